The Labute approximate surface area is 149 Å². The number of nitrogens with zero attached hydrogens (tertiary/aromatic N) is 3. The number of aromatic nitrogens is 2. The molecule has 0 N–H and O–H groups in total. The number of aryl methyl sites for hydroxylation is 2. The average molecular weight is 335 g/mol. The van der Waals surface area contributed by atoms with Gasteiger partial charge in [-0.2, -0.15) is 0 Å². The average Bonchev–Trinajstić information content (AvgIpc) is 3.09. The molecule has 1 aromatic carbocycles. The molecule has 0 amide bonds. The van der Waals surface area contributed by atoms with Crippen molar-refractivity contribution in [1.82, 2.24) is 9.97 Å². The van der Waals surface area contributed by atoms with Gasteiger partial charge in [-0.15, -0.1) is 0 Å². The largest absolute Gasteiger partial charge is 0.353 e. The maximum atomic E-state index is 12.7. The zero-order chi connectivity index (χ0) is 17.2. The van der Waals surface area contributed by atoms with Gasteiger partial charge in [0.25, 0.3) is 0 Å². The molecular weight excluding hydrogens is 310 g/mol. The monoisotopic (exact) mass is 335 g/mol. The van der Waals surface area contributed by atoms with Crippen molar-refractivity contribution in [1.29, 1.82) is 0 Å². The number of Topliss-reactive ketones (excluding diaryl/α,β-unsaturated/α-hetero) is 1. The number of hydrogen-bond donors (Lipinski definition) is 0. The van der Waals surface area contributed by atoms with Crippen LogP contribution < -0.4 is 4.90 Å². The van der Waals surface area contributed by atoms with Crippen LogP contribution >= 0.6 is 0 Å². The summed E-state index contributed by atoms with van der Waals surface area (Å²) < 4.78 is 0. The third-order valence-corrected chi connectivity index (χ3v) is 5.44. The first-order chi connectivity index (χ1) is 12.2. The quantitative estimate of drug-likeness (QED) is 0.795. The van der Waals surface area contributed by atoms with Gasteiger partial charge in [0, 0.05) is 35.8 Å². The third-order valence-electron chi connectivity index (χ3n) is 5.44. The second-order valence-electron chi connectivity index (χ2n) is 7.21. The lowest BCUT2D eigenvalue weighted by atomic mass is 9.95. The molecule has 1 aromatic heterocycles. The van der Waals surface area contributed by atoms with Crippen LogP contribution in [0.25, 0.3) is 0 Å². The molecule has 2 aliphatic rings. The van der Waals surface area contributed by atoms with Crippen LogP contribution in [0.5, 0.6) is 0 Å². The Hall–Kier alpha value is -2.23. The van der Waals surface area contributed by atoms with Crippen LogP contribution in [0.4, 0.5) is 5.82 Å². The fourth-order valence-electron chi connectivity index (χ4n) is 4.21. The molecule has 4 nitrogen and oxygen atoms in total. The summed E-state index contributed by atoms with van der Waals surface area (Å²) in [7, 11) is 0. The van der Waals surface area contributed by atoms with E-state index in [9.17, 15) is 4.79 Å². The SMILES string of the molecule is Cc1nc2c(c(N3CCCC3CC(=O)c3ccccc3)n1)CCCC2. The summed E-state index contributed by atoms with van der Waals surface area (Å²) in [5.74, 6) is 2.19. The molecule has 1 fully saturated rings. The van der Waals surface area contributed by atoms with Crippen molar-refractivity contribution in [3.63, 3.8) is 0 Å². The van der Waals surface area contributed by atoms with Crippen molar-refractivity contribution in [3.05, 3.63) is 53.0 Å². The van der Waals surface area contributed by atoms with Crippen LogP contribution in [0, 0.1) is 6.92 Å². The van der Waals surface area contributed by atoms with E-state index in [1.54, 1.807) is 0 Å². The molecule has 25 heavy (non-hydrogen) atoms. The van der Waals surface area contributed by atoms with E-state index in [-0.39, 0.29) is 11.8 Å². The fourth-order valence-corrected chi connectivity index (χ4v) is 4.21. The first-order valence-electron chi connectivity index (χ1n) is 9.43. The highest BCUT2D eigenvalue weighted by Crippen LogP contribution is 2.33. The van der Waals surface area contributed by atoms with Crippen molar-refractivity contribution in [2.24, 2.45) is 0 Å². The number of carbonyl (C=O) groups excluding carboxylic acids is 1. The highest BCUT2D eigenvalue weighted by molar-refractivity contribution is 5.96. The number of benzene rings is 1. The Kier molecular flexibility index (Phi) is 4.51. The number of fused-ring (bicyclic) bond motifs is 1. The lowest BCUT2D eigenvalue weighted by molar-refractivity contribution is 0.0974. The van der Waals surface area contributed by atoms with Crippen molar-refractivity contribution >= 4 is 11.6 Å². The standard InChI is InChI=1S/C21H25N3O/c1-15-22-19-12-6-5-11-18(19)21(23-15)24-13-7-10-17(24)14-20(25)16-8-3-2-4-9-16/h2-4,8-9,17H,5-7,10-14H2,1H3. The van der Waals surface area contributed by atoms with Gasteiger partial charge >= 0.3 is 0 Å². The fraction of sp³-hybridized carbons (Fsp3) is 0.476. The molecule has 1 saturated heterocycles. The normalized spacial score (nSPS) is 19.7. The van der Waals surface area contributed by atoms with Gasteiger partial charge in [0.15, 0.2) is 5.78 Å². The van der Waals surface area contributed by atoms with E-state index in [4.69, 9.17) is 4.98 Å². The molecule has 2 aromatic rings. The Bertz CT molecular complexity index is 772. The lowest BCUT2D eigenvalue weighted by Crippen LogP contribution is -2.33. The van der Waals surface area contributed by atoms with Gasteiger partial charge in [0.2, 0.25) is 0 Å². The van der Waals surface area contributed by atoms with Crippen LogP contribution in [-0.4, -0.2) is 28.3 Å². The summed E-state index contributed by atoms with van der Waals surface area (Å²) >= 11 is 0. The first-order valence-corrected chi connectivity index (χ1v) is 9.43. The zero-order valence-corrected chi connectivity index (χ0v) is 14.9. The van der Waals surface area contributed by atoms with E-state index in [0.717, 1.165) is 49.4 Å². The van der Waals surface area contributed by atoms with Crippen molar-refractivity contribution in [3.8, 4) is 0 Å². The Morgan fingerprint density at radius 3 is 2.76 bits per heavy atom. The van der Waals surface area contributed by atoms with E-state index in [1.165, 1.54) is 24.1 Å². The van der Waals surface area contributed by atoms with Gasteiger partial charge in [-0.25, -0.2) is 9.97 Å². The molecular formula is C21H25N3O. The number of hydrogen-bond acceptors (Lipinski definition) is 4. The minimum absolute atomic E-state index is 0.233. The first kappa shape index (κ1) is 16.2. The third kappa shape index (κ3) is 3.30. The second kappa shape index (κ2) is 6.95. The zero-order valence-electron chi connectivity index (χ0n) is 14.9. The van der Waals surface area contributed by atoms with Crippen LogP contribution in [0.2, 0.25) is 0 Å². The number of carbonyl (C=O) groups is 1. The molecule has 2 heterocycles. The van der Waals surface area contributed by atoms with E-state index < -0.39 is 0 Å². The van der Waals surface area contributed by atoms with Crippen molar-refractivity contribution in [2.75, 3.05) is 11.4 Å². The van der Waals surface area contributed by atoms with Gasteiger partial charge in [0.1, 0.15) is 11.6 Å². The Morgan fingerprint density at radius 1 is 1.12 bits per heavy atom. The predicted molar refractivity (Wildman–Crippen MR) is 99.2 cm³/mol. The van der Waals surface area contributed by atoms with Crippen LogP contribution in [0.3, 0.4) is 0 Å². The van der Waals surface area contributed by atoms with Gasteiger partial charge in [-0.3, -0.25) is 4.79 Å². The molecule has 4 heteroatoms. The summed E-state index contributed by atoms with van der Waals surface area (Å²) in [6.07, 6.45) is 7.34. The van der Waals surface area contributed by atoms with Crippen molar-refractivity contribution in [2.45, 2.75) is 57.9 Å². The van der Waals surface area contributed by atoms with Gasteiger partial charge in [-0.1, -0.05) is 30.3 Å². The summed E-state index contributed by atoms with van der Waals surface area (Å²) in [5, 5.41) is 0. The van der Waals surface area contributed by atoms with Crippen LogP contribution in [-0.2, 0) is 12.8 Å². The summed E-state index contributed by atoms with van der Waals surface area (Å²) in [5.41, 5.74) is 3.37. The molecule has 1 aliphatic carbocycles. The van der Waals surface area contributed by atoms with Gasteiger partial charge in [-0.05, 0) is 45.4 Å². The maximum absolute atomic E-state index is 12.7. The number of rotatable bonds is 4. The lowest BCUT2D eigenvalue weighted by Gasteiger charge is -2.29. The van der Waals surface area contributed by atoms with Gasteiger partial charge < -0.3 is 4.90 Å². The topological polar surface area (TPSA) is 46.1 Å². The molecule has 1 unspecified atom stereocenters. The molecule has 0 saturated carbocycles. The molecule has 0 spiro atoms. The second-order valence-corrected chi connectivity index (χ2v) is 7.21. The molecule has 0 radical (unpaired) electrons. The van der Waals surface area contributed by atoms with E-state index in [2.05, 4.69) is 9.88 Å². The molecule has 4 rings (SSSR count). The van der Waals surface area contributed by atoms with E-state index >= 15 is 0 Å². The van der Waals surface area contributed by atoms with Crippen LogP contribution in [0.15, 0.2) is 30.3 Å². The predicted octanol–water partition coefficient (Wildman–Crippen LogP) is 3.91. The maximum Gasteiger partial charge on any atom is 0.164 e. The molecule has 0 bridgehead atoms. The number of ketones is 1. The highest BCUT2D eigenvalue weighted by Gasteiger charge is 2.31. The molecule has 130 valence electrons. The minimum Gasteiger partial charge on any atom is -0.353 e. The van der Waals surface area contributed by atoms with Gasteiger partial charge in [0.05, 0.1) is 0 Å². The highest BCUT2D eigenvalue weighted by atomic mass is 16.1. The Morgan fingerprint density at radius 2 is 1.92 bits per heavy atom. The van der Waals surface area contributed by atoms with Crippen molar-refractivity contribution < 1.29 is 4.79 Å². The summed E-state index contributed by atoms with van der Waals surface area (Å²) in [6, 6.07) is 9.91. The summed E-state index contributed by atoms with van der Waals surface area (Å²) in [6.45, 7) is 2.98. The Balaban J connectivity index is 1.60. The smallest absolute Gasteiger partial charge is 0.164 e. The minimum atomic E-state index is 0.233. The van der Waals surface area contributed by atoms with E-state index in [1.807, 2.05) is 37.3 Å². The molecule has 1 atom stereocenters. The van der Waals surface area contributed by atoms with E-state index in [0.29, 0.717) is 6.42 Å². The van der Waals surface area contributed by atoms with Crippen LogP contribution in [0.1, 0.15) is 59.5 Å². The summed E-state index contributed by atoms with van der Waals surface area (Å²) in [4.78, 5) is 24.5. The number of anilines is 1. The molecule has 1 aliphatic heterocycles.